The maximum absolute atomic E-state index is 9.36. The third kappa shape index (κ3) is 2.41. The molecule has 2 rings (SSSR count). The highest BCUT2D eigenvalue weighted by atomic mass is 16.3. The second kappa shape index (κ2) is 4.63. The molecule has 0 radical (unpaired) electrons. The molecule has 0 saturated carbocycles. The molecule has 2 unspecified atom stereocenters. The average molecular weight is 226 g/mol. The van der Waals surface area contributed by atoms with Gasteiger partial charge in [-0.3, -0.25) is 4.90 Å². The van der Waals surface area contributed by atoms with Gasteiger partial charge < -0.3 is 10.0 Å². The number of rotatable bonds is 2. The van der Waals surface area contributed by atoms with Crippen molar-refractivity contribution in [3.63, 3.8) is 0 Å². The van der Waals surface area contributed by atoms with Crippen LogP contribution in [0.2, 0.25) is 0 Å². The summed E-state index contributed by atoms with van der Waals surface area (Å²) in [7, 11) is 2.23. The van der Waals surface area contributed by atoms with Crippen LogP contribution in [0.25, 0.3) is 0 Å². The molecule has 0 aromatic rings. The van der Waals surface area contributed by atoms with Crippen LogP contribution < -0.4 is 0 Å². The summed E-state index contributed by atoms with van der Waals surface area (Å²) in [5.74, 6) is 0. The smallest absolute Gasteiger partial charge is 0.0485 e. The zero-order valence-corrected chi connectivity index (χ0v) is 10.9. The van der Waals surface area contributed by atoms with Gasteiger partial charge in [0.05, 0.1) is 0 Å². The molecule has 1 N–H and O–H groups in total. The van der Waals surface area contributed by atoms with Crippen molar-refractivity contribution in [1.29, 1.82) is 0 Å². The molecular weight excluding hydrogens is 200 g/mol. The maximum Gasteiger partial charge on any atom is 0.0485 e. The van der Waals surface area contributed by atoms with Crippen LogP contribution in [-0.2, 0) is 0 Å². The first kappa shape index (κ1) is 12.3. The summed E-state index contributed by atoms with van der Waals surface area (Å²) in [5, 5.41) is 9.36. The van der Waals surface area contributed by atoms with Crippen LogP contribution >= 0.6 is 0 Å². The van der Waals surface area contributed by atoms with E-state index in [1.807, 2.05) is 0 Å². The van der Waals surface area contributed by atoms with Gasteiger partial charge in [-0.2, -0.15) is 0 Å². The SMILES string of the molecule is CC1CC(N2CCC(C)(CO)CC2)CN1C. The molecule has 2 saturated heterocycles. The highest BCUT2D eigenvalue weighted by molar-refractivity contribution is 4.91. The first-order valence-corrected chi connectivity index (χ1v) is 6.59. The molecule has 2 fully saturated rings. The highest BCUT2D eigenvalue weighted by Gasteiger charge is 2.35. The van der Waals surface area contributed by atoms with Gasteiger partial charge in [0, 0.05) is 25.2 Å². The predicted molar refractivity (Wildman–Crippen MR) is 66.5 cm³/mol. The van der Waals surface area contributed by atoms with Crippen molar-refractivity contribution in [2.45, 2.75) is 45.2 Å². The standard InChI is InChI=1S/C13H26N2O/c1-11-8-12(9-14(11)3)15-6-4-13(2,10-16)5-7-15/h11-12,16H,4-10H2,1-3H3. The summed E-state index contributed by atoms with van der Waals surface area (Å²) >= 11 is 0. The Morgan fingerprint density at radius 2 is 1.94 bits per heavy atom. The molecule has 0 amide bonds. The number of likely N-dealkylation sites (tertiary alicyclic amines) is 2. The Morgan fingerprint density at radius 1 is 1.31 bits per heavy atom. The number of aliphatic hydroxyl groups excluding tert-OH is 1. The fourth-order valence-corrected chi connectivity index (χ4v) is 3.01. The summed E-state index contributed by atoms with van der Waals surface area (Å²) in [6, 6.07) is 1.49. The molecule has 0 bridgehead atoms. The molecule has 0 aliphatic carbocycles. The number of aliphatic hydroxyl groups is 1. The molecule has 2 aliphatic heterocycles. The molecule has 94 valence electrons. The Morgan fingerprint density at radius 3 is 2.38 bits per heavy atom. The number of piperidine rings is 1. The second-order valence-electron chi connectivity index (χ2n) is 6.18. The summed E-state index contributed by atoms with van der Waals surface area (Å²) in [4.78, 5) is 5.10. The van der Waals surface area contributed by atoms with Crippen molar-refractivity contribution < 1.29 is 5.11 Å². The Bertz CT molecular complexity index is 226. The topological polar surface area (TPSA) is 26.7 Å². The van der Waals surface area contributed by atoms with Crippen molar-refractivity contribution in [2.24, 2.45) is 5.41 Å². The van der Waals surface area contributed by atoms with Gasteiger partial charge in [-0.05, 0) is 51.7 Å². The van der Waals surface area contributed by atoms with E-state index in [9.17, 15) is 5.11 Å². The zero-order chi connectivity index (χ0) is 11.8. The Hall–Kier alpha value is -0.120. The Kier molecular flexibility index (Phi) is 3.57. The molecule has 2 atom stereocenters. The van der Waals surface area contributed by atoms with Crippen LogP contribution in [0, 0.1) is 5.41 Å². The van der Waals surface area contributed by atoms with Gasteiger partial charge in [0.1, 0.15) is 0 Å². The van der Waals surface area contributed by atoms with Crippen molar-refractivity contribution in [3.05, 3.63) is 0 Å². The molecule has 2 aliphatic rings. The minimum atomic E-state index is 0.187. The molecular formula is C13H26N2O. The lowest BCUT2D eigenvalue weighted by Gasteiger charge is -2.40. The quantitative estimate of drug-likeness (QED) is 0.766. The zero-order valence-electron chi connectivity index (χ0n) is 10.9. The number of hydrogen-bond donors (Lipinski definition) is 1. The summed E-state index contributed by atoms with van der Waals surface area (Å²) < 4.78 is 0. The van der Waals surface area contributed by atoms with Crippen LogP contribution in [0.15, 0.2) is 0 Å². The van der Waals surface area contributed by atoms with Gasteiger partial charge in [-0.1, -0.05) is 6.92 Å². The molecule has 0 aromatic carbocycles. The number of likely N-dealkylation sites (N-methyl/N-ethyl adjacent to an activating group) is 1. The van der Waals surface area contributed by atoms with E-state index in [1.165, 1.54) is 26.1 Å². The number of nitrogens with zero attached hydrogens (tertiary/aromatic N) is 2. The average Bonchev–Trinajstić information content (AvgIpc) is 2.60. The van der Waals surface area contributed by atoms with Gasteiger partial charge >= 0.3 is 0 Å². The van der Waals surface area contributed by atoms with Crippen LogP contribution in [0.5, 0.6) is 0 Å². The molecule has 16 heavy (non-hydrogen) atoms. The fourth-order valence-electron chi connectivity index (χ4n) is 3.01. The van der Waals surface area contributed by atoms with Gasteiger partial charge in [0.15, 0.2) is 0 Å². The normalized spacial score (nSPS) is 36.8. The Labute approximate surface area is 99.4 Å². The molecule has 3 heteroatoms. The van der Waals surface area contributed by atoms with Crippen molar-refractivity contribution in [2.75, 3.05) is 33.3 Å². The lowest BCUT2D eigenvalue weighted by atomic mass is 9.81. The van der Waals surface area contributed by atoms with E-state index in [2.05, 4.69) is 30.7 Å². The molecule has 2 heterocycles. The van der Waals surface area contributed by atoms with E-state index >= 15 is 0 Å². The van der Waals surface area contributed by atoms with E-state index in [1.54, 1.807) is 0 Å². The monoisotopic (exact) mass is 226 g/mol. The van der Waals surface area contributed by atoms with Crippen LogP contribution in [-0.4, -0.2) is 60.3 Å². The van der Waals surface area contributed by atoms with Gasteiger partial charge in [0.2, 0.25) is 0 Å². The largest absolute Gasteiger partial charge is 0.396 e. The predicted octanol–water partition coefficient (Wildman–Crippen LogP) is 1.17. The molecule has 0 aromatic heterocycles. The van der Waals surface area contributed by atoms with Gasteiger partial charge in [-0.25, -0.2) is 0 Å². The van der Waals surface area contributed by atoms with E-state index in [0.29, 0.717) is 6.61 Å². The van der Waals surface area contributed by atoms with Crippen molar-refractivity contribution in [3.8, 4) is 0 Å². The summed E-state index contributed by atoms with van der Waals surface area (Å²) in [5.41, 5.74) is 0.187. The second-order valence-corrected chi connectivity index (χ2v) is 6.18. The lowest BCUT2D eigenvalue weighted by Crippen LogP contribution is -2.46. The minimum Gasteiger partial charge on any atom is -0.396 e. The Balaban J connectivity index is 1.86. The summed E-state index contributed by atoms with van der Waals surface area (Å²) in [6.07, 6.45) is 3.61. The van der Waals surface area contributed by atoms with Gasteiger partial charge in [-0.15, -0.1) is 0 Å². The first-order valence-electron chi connectivity index (χ1n) is 6.59. The van der Waals surface area contributed by atoms with Crippen molar-refractivity contribution >= 4 is 0 Å². The van der Waals surface area contributed by atoms with E-state index in [0.717, 1.165) is 24.9 Å². The van der Waals surface area contributed by atoms with Crippen LogP contribution in [0.1, 0.15) is 33.1 Å². The highest BCUT2D eigenvalue weighted by Crippen LogP contribution is 2.32. The lowest BCUT2D eigenvalue weighted by molar-refractivity contribution is 0.0417. The minimum absolute atomic E-state index is 0.187. The van der Waals surface area contributed by atoms with E-state index in [-0.39, 0.29) is 5.41 Å². The van der Waals surface area contributed by atoms with Crippen LogP contribution in [0.3, 0.4) is 0 Å². The maximum atomic E-state index is 9.36. The van der Waals surface area contributed by atoms with E-state index < -0.39 is 0 Å². The van der Waals surface area contributed by atoms with Crippen LogP contribution in [0.4, 0.5) is 0 Å². The van der Waals surface area contributed by atoms with Crippen molar-refractivity contribution in [1.82, 2.24) is 9.80 Å². The van der Waals surface area contributed by atoms with E-state index in [4.69, 9.17) is 0 Å². The first-order chi connectivity index (χ1) is 7.54. The summed E-state index contributed by atoms with van der Waals surface area (Å²) in [6.45, 7) is 8.44. The third-order valence-electron chi connectivity index (χ3n) is 4.77. The third-order valence-corrected chi connectivity index (χ3v) is 4.77. The molecule has 3 nitrogen and oxygen atoms in total. The molecule has 0 spiro atoms. The fraction of sp³-hybridized carbons (Fsp3) is 1.00. The number of hydrogen-bond acceptors (Lipinski definition) is 3. The van der Waals surface area contributed by atoms with Gasteiger partial charge in [0.25, 0.3) is 0 Å².